The summed E-state index contributed by atoms with van der Waals surface area (Å²) >= 11 is 0. The number of benzene rings is 2. The number of rotatable bonds is 4. The summed E-state index contributed by atoms with van der Waals surface area (Å²) in [6.07, 6.45) is 6.17. The number of nitrogens with zero attached hydrogens (tertiary/aromatic N) is 2. The van der Waals surface area contributed by atoms with Gasteiger partial charge in [0, 0.05) is 11.6 Å². The zero-order valence-corrected chi connectivity index (χ0v) is 18.3. The number of imide groups is 1. The molecule has 0 N–H and O–H groups in total. The molecular formula is C26H30N2O3. The highest BCUT2D eigenvalue weighted by Gasteiger charge is 2.46. The van der Waals surface area contributed by atoms with Crippen LogP contribution in [-0.4, -0.2) is 34.7 Å². The van der Waals surface area contributed by atoms with Crippen molar-refractivity contribution in [1.82, 2.24) is 4.90 Å². The van der Waals surface area contributed by atoms with Crippen molar-refractivity contribution in [3.8, 4) is 0 Å². The van der Waals surface area contributed by atoms with Gasteiger partial charge in [-0.3, -0.25) is 14.4 Å². The summed E-state index contributed by atoms with van der Waals surface area (Å²) in [4.78, 5) is 43.1. The first-order valence-corrected chi connectivity index (χ1v) is 11.3. The van der Waals surface area contributed by atoms with E-state index in [1.807, 2.05) is 44.2 Å². The monoisotopic (exact) mass is 418 g/mol. The Hall–Kier alpha value is -2.95. The van der Waals surface area contributed by atoms with E-state index in [2.05, 4.69) is 0 Å². The molecule has 2 aliphatic rings. The highest BCUT2D eigenvalue weighted by molar-refractivity contribution is 6.23. The van der Waals surface area contributed by atoms with Gasteiger partial charge in [-0.25, -0.2) is 4.90 Å². The van der Waals surface area contributed by atoms with E-state index in [1.54, 1.807) is 23.1 Å². The third-order valence-corrected chi connectivity index (χ3v) is 6.47. The predicted octanol–water partition coefficient (Wildman–Crippen LogP) is 4.80. The molecule has 1 atom stereocenters. The van der Waals surface area contributed by atoms with Gasteiger partial charge in [-0.05, 0) is 51.0 Å². The van der Waals surface area contributed by atoms with Gasteiger partial charge < -0.3 is 4.90 Å². The third kappa shape index (κ3) is 4.41. The Balaban J connectivity index is 1.69. The van der Waals surface area contributed by atoms with E-state index in [4.69, 9.17) is 0 Å². The summed E-state index contributed by atoms with van der Waals surface area (Å²) in [6, 6.07) is 14.1. The number of amides is 3. The molecule has 0 spiro atoms. The minimum absolute atomic E-state index is 0.0183. The standard InChI is InChI=1S/C26H30N2O3/c1-18-12-14-22(15-13-18)28-24(29)17-23(26(28)31)27(21-10-5-3-4-6-11-21)25(30)20-9-7-8-19(2)16-20/h7-9,12-16,21,23H,3-6,10-11,17H2,1-2H3. The van der Waals surface area contributed by atoms with Crippen LogP contribution in [0.15, 0.2) is 48.5 Å². The van der Waals surface area contributed by atoms with Crippen LogP contribution in [0.2, 0.25) is 0 Å². The van der Waals surface area contributed by atoms with Crippen LogP contribution in [0.4, 0.5) is 5.69 Å². The molecule has 162 valence electrons. The summed E-state index contributed by atoms with van der Waals surface area (Å²) in [5.74, 6) is -0.680. The van der Waals surface area contributed by atoms with Crippen molar-refractivity contribution in [1.29, 1.82) is 0 Å². The summed E-state index contributed by atoms with van der Waals surface area (Å²) in [5.41, 5.74) is 3.22. The molecule has 0 radical (unpaired) electrons. The van der Waals surface area contributed by atoms with Gasteiger partial charge in [-0.1, -0.05) is 61.1 Å². The second-order valence-electron chi connectivity index (χ2n) is 8.85. The van der Waals surface area contributed by atoms with E-state index in [9.17, 15) is 14.4 Å². The molecule has 0 bridgehead atoms. The summed E-state index contributed by atoms with van der Waals surface area (Å²) in [5, 5.41) is 0. The summed E-state index contributed by atoms with van der Waals surface area (Å²) in [6.45, 7) is 3.92. The predicted molar refractivity (Wildman–Crippen MR) is 121 cm³/mol. The molecule has 1 aliphatic carbocycles. The molecule has 1 saturated carbocycles. The lowest BCUT2D eigenvalue weighted by atomic mass is 10.0. The van der Waals surface area contributed by atoms with Gasteiger partial charge in [0.2, 0.25) is 5.91 Å². The van der Waals surface area contributed by atoms with E-state index < -0.39 is 6.04 Å². The lowest BCUT2D eigenvalue weighted by Crippen LogP contribution is -2.50. The van der Waals surface area contributed by atoms with Crippen LogP contribution < -0.4 is 4.90 Å². The van der Waals surface area contributed by atoms with Crippen LogP contribution in [0.25, 0.3) is 0 Å². The fraction of sp³-hybridized carbons (Fsp3) is 0.423. The fourth-order valence-corrected chi connectivity index (χ4v) is 4.82. The van der Waals surface area contributed by atoms with Gasteiger partial charge in [0.05, 0.1) is 12.1 Å². The van der Waals surface area contributed by atoms with Crippen molar-refractivity contribution >= 4 is 23.4 Å². The fourth-order valence-electron chi connectivity index (χ4n) is 4.82. The summed E-state index contributed by atoms with van der Waals surface area (Å²) < 4.78 is 0. The quantitative estimate of drug-likeness (QED) is 0.529. The van der Waals surface area contributed by atoms with Gasteiger partial charge in [0.1, 0.15) is 6.04 Å². The van der Waals surface area contributed by atoms with Crippen LogP contribution >= 0.6 is 0 Å². The Labute approximate surface area is 184 Å². The lowest BCUT2D eigenvalue weighted by Gasteiger charge is -2.35. The van der Waals surface area contributed by atoms with Crippen LogP contribution in [0.3, 0.4) is 0 Å². The molecule has 1 aliphatic heterocycles. The topological polar surface area (TPSA) is 57.7 Å². The van der Waals surface area contributed by atoms with Crippen molar-refractivity contribution in [2.75, 3.05) is 4.90 Å². The van der Waals surface area contributed by atoms with Crippen molar-refractivity contribution in [3.63, 3.8) is 0 Å². The molecule has 2 fully saturated rings. The average molecular weight is 419 g/mol. The van der Waals surface area contributed by atoms with E-state index in [0.29, 0.717) is 11.3 Å². The maximum absolute atomic E-state index is 13.7. The number of hydrogen-bond donors (Lipinski definition) is 0. The van der Waals surface area contributed by atoms with Crippen molar-refractivity contribution in [2.24, 2.45) is 0 Å². The van der Waals surface area contributed by atoms with Crippen LogP contribution in [0, 0.1) is 13.8 Å². The first-order valence-electron chi connectivity index (χ1n) is 11.3. The molecule has 1 heterocycles. The number of carbonyl (C=O) groups excluding carboxylic acids is 3. The molecule has 3 amide bonds. The van der Waals surface area contributed by atoms with Crippen LogP contribution in [0.1, 0.15) is 66.4 Å². The molecule has 5 heteroatoms. The van der Waals surface area contributed by atoms with Gasteiger partial charge in [0.15, 0.2) is 0 Å². The van der Waals surface area contributed by atoms with E-state index in [-0.39, 0.29) is 30.2 Å². The molecule has 5 nitrogen and oxygen atoms in total. The molecule has 2 aromatic rings. The van der Waals surface area contributed by atoms with Crippen LogP contribution in [0.5, 0.6) is 0 Å². The lowest BCUT2D eigenvalue weighted by molar-refractivity contribution is -0.123. The Bertz CT molecular complexity index is 974. The Morgan fingerprint density at radius 3 is 2.23 bits per heavy atom. The molecule has 31 heavy (non-hydrogen) atoms. The maximum atomic E-state index is 13.7. The number of hydrogen-bond acceptors (Lipinski definition) is 3. The van der Waals surface area contributed by atoms with Gasteiger partial charge in [-0.2, -0.15) is 0 Å². The largest absolute Gasteiger partial charge is 0.323 e. The van der Waals surface area contributed by atoms with Crippen LogP contribution in [-0.2, 0) is 9.59 Å². The van der Waals surface area contributed by atoms with Crippen molar-refractivity contribution in [2.45, 2.75) is 70.9 Å². The smallest absolute Gasteiger partial charge is 0.257 e. The van der Waals surface area contributed by atoms with Gasteiger partial charge in [0.25, 0.3) is 11.8 Å². The van der Waals surface area contributed by atoms with Gasteiger partial charge in [-0.15, -0.1) is 0 Å². The Morgan fingerprint density at radius 1 is 0.903 bits per heavy atom. The highest BCUT2D eigenvalue weighted by Crippen LogP contribution is 2.32. The molecule has 2 aromatic carbocycles. The second kappa shape index (κ2) is 9.04. The van der Waals surface area contributed by atoms with E-state index >= 15 is 0 Å². The zero-order valence-electron chi connectivity index (χ0n) is 18.3. The second-order valence-corrected chi connectivity index (χ2v) is 8.85. The number of aryl methyl sites for hydroxylation is 2. The average Bonchev–Trinajstić information content (AvgIpc) is 2.92. The normalized spacial score (nSPS) is 20.1. The Morgan fingerprint density at radius 2 is 1.58 bits per heavy atom. The molecule has 0 aromatic heterocycles. The molecule has 1 saturated heterocycles. The number of anilines is 1. The molecule has 1 unspecified atom stereocenters. The minimum Gasteiger partial charge on any atom is -0.323 e. The first kappa shape index (κ1) is 21.3. The molecule has 4 rings (SSSR count). The van der Waals surface area contributed by atoms with Crippen molar-refractivity contribution in [3.05, 3.63) is 65.2 Å². The minimum atomic E-state index is -0.745. The zero-order chi connectivity index (χ0) is 22.0. The van der Waals surface area contributed by atoms with Crippen molar-refractivity contribution < 1.29 is 14.4 Å². The van der Waals surface area contributed by atoms with E-state index in [1.165, 1.54) is 4.90 Å². The number of carbonyl (C=O) groups is 3. The SMILES string of the molecule is Cc1ccc(N2C(=O)CC(N(C(=O)c3cccc(C)c3)C3CCCCCC3)C2=O)cc1. The Kier molecular flexibility index (Phi) is 6.21. The first-order chi connectivity index (χ1) is 15.0. The highest BCUT2D eigenvalue weighted by atomic mass is 16.2. The summed E-state index contributed by atoms with van der Waals surface area (Å²) in [7, 11) is 0. The molecular weight excluding hydrogens is 388 g/mol. The third-order valence-electron chi connectivity index (χ3n) is 6.47. The van der Waals surface area contributed by atoms with Gasteiger partial charge >= 0.3 is 0 Å². The maximum Gasteiger partial charge on any atom is 0.257 e. The van der Waals surface area contributed by atoms with E-state index in [0.717, 1.165) is 49.7 Å².